The number of halogens is 1. The first-order valence-corrected chi connectivity index (χ1v) is 6.08. The van der Waals surface area contributed by atoms with Crippen molar-refractivity contribution >= 4 is 21.6 Å². The lowest BCUT2D eigenvalue weighted by Gasteiger charge is -2.10. The summed E-state index contributed by atoms with van der Waals surface area (Å²) < 4.78 is 27.1. The van der Waals surface area contributed by atoms with Gasteiger partial charge in [-0.1, -0.05) is 11.6 Å². The van der Waals surface area contributed by atoms with Crippen molar-refractivity contribution in [1.82, 2.24) is 4.98 Å². The van der Waals surface area contributed by atoms with Crippen LogP contribution in [-0.2, 0) is 10.0 Å². The third-order valence-corrected chi connectivity index (χ3v) is 2.61. The van der Waals surface area contributed by atoms with Gasteiger partial charge < -0.3 is 4.74 Å². The van der Waals surface area contributed by atoms with Crippen LogP contribution in [0.15, 0.2) is 17.2 Å². The summed E-state index contributed by atoms with van der Waals surface area (Å²) in [5, 5.41) is 5.03. The van der Waals surface area contributed by atoms with Crippen LogP contribution in [0.1, 0.15) is 13.8 Å². The van der Waals surface area contributed by atoms with Crippen LogP contribution < -0.4 is 9.88 Å². The smallest absolute Gasteiger partial charge is 0.239 e. The van der Waals surface area contributed by atoms with E-state index in [4.69, 9.17) is 21.5 Å². The van der Waals surface area contributed by atoms with Crippen molar-refractivity contribution in [2.45, 2.75) is 24.8 Å². The molecule has 1 aromatic heterocycles. The first-order valence-electron chi connectivity index (χ1n) is 4.15. The molecular formula is C8H11ClN2O3S. The Morgan fingerprint density at radius 3 is 2.53 bits per heavy atom. The third-order valence-electron chi connectivity index (χ3n) is 1.46. The topological polar surface area (TPSA) is 82.3 Å². The van der Waals surface area contributed by atoms with Gasteiger partial charge in [0.05, 0.1) is 12.3 Å². The fraction of sp³-hybridized carbons (Fsp3) is 0.375. The SMILES string of the molecule is CC(C)Oc1ncc(S(N)(=O)=O)cc1Cl. The molecule has 0 spiro atoms. The predicted octanol–water partition coefficient (Wildman–Crippen LogP) is 1.17. The van der Waals surface area contributed by atoms with Crippen LogP contribution >= 0.6 is 11.6 Å². The highest BCUT2D eigenvalue weighted by molar-refractivity contribution is 7.89. The predicted molar refractivity (Wildman–Crippen MR) is 56.4 cm³/mol. The lowest BCUT2D eigenvalue weighted by atomic mass is 10.4. The van der Waals surface area contributed by atoms with E-state index < -0.39 is 10.0 Å². The summed E-state index contributed by atoms with van der Waals surface area (Å²) in [4.78, 5) is 3.64. The van der Waals surface area contributed by atoms with Crippen molar-refractivity contribution in [2.24, 2.45) is 5.14 Å². The lowest BCUT2D eigenvalue weighted by Crippen LogP contribution is -2.13. The van der Waals surface area contributed by atoms with Crippen molar-refractivity contribution in [1.29, 1.82) is 0 Å². The molecule has 0 saturated carbocycles. The number of pyridine rings is 1. The second-order valence-electron chi connectivity index (χ2n) is 3.17. The Morgan fingerprint density at radius 2 is 2.13 bits per heavy atom. The van der Waals surface area contributed by atoms with Crippen molar-refractivity contribution in [3.05, 3.63) is 17.3 Å². The van der Waals surface area contributed by atoms with Gasteiger partial charge in [-0.25, -0.2) is 18.5 Å². The number of aromatic nitrogens is 1. The van der Waals surface area contributed by atoms with Crippen molar-refractivity contribution in [3.8, 4) is 5.88 Å². The normalized spacial score (nSPS) is 11.8. The van der Waals surface area contributed by atoms with Gasteiger partial charge in [0.2, 0.25) is 15.9 Å². The molecule has 0 unspecified atom stereocenters. The number of ether oxygens (including phenoxy) is 1. The number of sulfonamides is 1. The zero-order chi connectivity index (χ0) is 11.6. The van der Waals surface area contributed by atoms with E-state index in [1.807, 2.05) is 13.8 Å². The number of nitrogens with zero attached hydrogens (tertiary/aromatic N) is 1. The summed E-state index contributed by atoms with van der Waals surface area (Å²) in [6.07, 6.45) is 1.02. The summed E-state index contributed by atoms with van der Waals surface area (Å²) in [5.74, 6) is 0.194. The molecule has 0 aromatic carbocycles. The van der Waals surface area contributed by atoms with Crippen molar-refractivity contribution in [2.75, 3.05) is 0 Å². The van der Waals surface area contributed by atoms with E-state index in [1.165, 1.54) is 6.07 Å². The monoisotopic (exact) mass is 250 g/mol. The maximum atomic E-state index is 11.0. The zero-order valence-electron chi connectivity index (χ0n) is 8.27. The Hall–Kier alpha value is -0.850. The molecule has 84 valence electrons. The van der Waals surface area contributed by atoms with Crippen LogP contribution in [0.5, 0.6) is 5.88 Å². The Balaban J connectivity index is 3.09. The highest BCUT2D eigenvalue weighted by Gasteiger charge is 2.13. The average Bonchev–Trinajstić information content (AvgIpc) is 2.05. The average molecular weight is 251 g/mol. The van der Waals surface area contributed by atoms with Gasteiger partial charge in [-0.05, 0) is 19.9 Å². The number of primary sulfonamides is 1. The van der Waals surface area contributed by atoms with Gasteiger partial charge in [-0.15, -0.1) is 0 Å². The van der Waals surface area contributed by atoms with E-state index in [0.717, 1.165) is 6.20 Å². The van der Waals surface area contributed by atoms with Gasteiger partial charge in [0.25, 0.3) is 0 Å². The molecule has 1 rings (SSSR count). The number of hydrogen-bond acceptors (Lipinski definition) is 4. The van der Waals surface area contributed by atoms with Gasteiger partial charge in [0, 0.05) is 0 Å². The van der Waals surface area contributed by atoms with Crippen LogP contribution in [0.25, 0.3) is 0 Å². The molecule has 0 bridgehead atoms. The minimum atomic E-state index is -3.77. The molecule has 0 saturated heterocycles. The van der Waals surface area contributed by atoms with Gasteiger partial charge >= 0.3 is 0 Å². The molecule has 0 atom stereocenters. The van der Waals surface area contributed by atoms with Crippen LogP contribution in [-0.4, -0.2) is 19.5 Å². The highest BCUT2D eigenvalue weighted by Crippen LogP contribution is 2.24. The van der Waals surface area contributed by atoms with Gasteiger partial charge in [-0.3, -0.25) is 0 Å². The van der Waals surface area contributed by atoms with E-state index in [0.29, 0.717) is 0 Å². The summed E-state index contributed by atoms with van der Waals surface area (Å²) in [7, 11) is -3.77. The quantitative estimate of drug-likeness (QED) is 0.873. The maximum Gasteiger partial charge on any atom is 0.239 e. The molecule has 0 radical (unpaired) electrons. The Morgan fingerprint density at radius 1 is 1.53 bits per heavy atom. The molecule has 15 heavy (non-hydrogen) atoms. The maximum absolute atomic E-state index is 11.0. The molecule has 7 heteroatoms. The van der Waals surface area contributed by atoms with Gasteiger partial charge in [-0.2, -0.15) is 0 Å². The summed E-state index contributed by atoms with van der Waals surface area (Å²) in [6, 6.07) is 1.21. The van der Waals surface area contributed by atoms with Crippen molar-refractivity contribution < 1.29 is 13.2 Å². The second-order valence-corrected chi connectivity index (χ2v) is 5.14. The summed E-state index contributed by atoms with van der Waals surface area (Å²) in [6.45, 7) is 3.62. The first-order chi connectivity index (χ1) is 6.80. The molecule has 0 aliphatic rings. The molecule has 0 aliphatic carbocycles. The molecule has 0 amide bonds. The van der Waals surface area contributed by atoms with Crippen LogP contribution in [0.2, 0.25) is 5.02 Å². The molecule has 0 aliphatic heterocycles. The largest absolute Gasteiger partial charge is 0.474 e. The molecule has 0 fully saturated rings. The minimum absolute atomic E-state index is 0.0877. The second kappa shape index (κ2) is 4.34. The Labute approximate surface area is 93.3 Å². The van der Waals surface area contributed by atoms with Crippen molar-refractivity contribution in [3.63, 3.8) is 0 Å². The van der Waals surface area contributed by atoms with E-state index in [2.05, 4.69) is 4.98 Å². The number of nitrogens with two attached hydrogens (primary N) is 1. The number of hydrogen-bond donors (Lipinski definition) is 1. The first kappa shape index (κ1) is 12.2. The molecule has 1 heterocycles. The van der Waals surface area contributed by atoms with Crippen LogP contribution in [0.3, 0.4) is 0 Å². The fourth-order valence-electron chi connectivity index (χ4n) is 0.873. The van der Waals surface area contributed by atoms with E-state index in [-0.39, 0.29) is 21.9 Å². The lowest BCUT2D eigenvalue weighted by molar-refractivity contribution is 0.232. The molecule has 1 aromatic rings. The van der Waals surface area contributed by atoms with E-state index >= 15 is 0 Å². The van der Waals surface area contributed by atoms with Gasteiger partial charge in [0.1, 0.15) is 9.92 Å². The van der Waals surface area contributed by atoms with Crippen LogP contribution in [0.4, 0.5) is 0 Å². The standard InChI is InChI=1S/C8H11ClN2O3S/c1-5(2)14-8-7(9)3-6(4-11-8)15(10,12)13/h3-5H,1-2H3,(H2,10,12,13). The Bertz CT molecular complexity index is 459. The third kappa shape index (κ3) is 3.33. The van der Waals surface area contributed by atoms with Crippen LogP contribution in [0, 0.1) is 0 Å². The summed E-state index contributed by atoms with van der Waals surface area (Å²) in [5.41, 5.74) is 0. The van der Waals surface area contributed by atoms with E-state index in [1.54, 1.807) is 0 Å². The molecular weight excluding hydrogens is 240 g/mol. The van der Waals surface area contributed by atoms with E-state index in [9.17, 15) is 8.42 Å². The molecule has 2 N–H and O–H groups in total. The summed E-state index contributed by atoms with van der Waals surface area (Å²) >= 11 is 5.77. The number of rotatable bonds is 3. The highest BCUT2D eigenvalue weighted by atomic mass is 35.5. The molecule has 5 nitrogen and oxygen atoms in total. The fourth-order valence-corrected chi connectivity index (χ4v) is 1.63. The minimum Gasteiger partial charge on any atom is -0.474 e. The van der Waals surface area contributed by atoms with Gasteiger partial charge in [0.15, 0.2) is 0 Å². The Kier molecular flexibility index (Phi) is 3.54. The zero-order valence-corrected chi connectivity index (χ0v) is 9.84.